The summed E-state index contributed by atoms with van der Waals surface area (Å²) in [4.78, 5) is 45.2. The van der Waals surface area contributed by atoms with Crippen molar-refractivity contribution < 1.29 is 13.2 Å². The molecule has 1 aromatic carbocycles. The highest BCUT2D eigenvalue weighted by Gasteiger charge is 2.29. The summed E-state index contributed by atoms with van der Waals surface area (Å²) >= 11 is 0. The third-order valence-corrected chi connectivity index (χ3v) is 6.66. The number of nitrogens with zero attached hydrogens (tertiary/aromatic N) is 2. The Morgan fingerprint density at radius 2 is 1.97 bits per heavy atom. The van der Waals surface area contributed by atoms with E-state index in [0.717, 1.165) is 12.8 Å². The summed E-state index contributed by atoms with van der Waals surface area (Å²) in [6, 6.07) is 6.04. The summed E-state index contributed by atoms with van der Waals surface area (Å²) in [6.07, 6.45) is 2.91. The number of carbonyl (C=O) groups is 1. The van der Waals surface area contributed by atoms with Crippen LogP contribution in [0.2, 0.25) is 0 Å². The zero-order valence-corrected chi connectivity index (χ0v) is 19.2. The molecule has 0 unspecified atom stereocenters. The van der Waals surface area contributed by atoms with E-state index in [0.29, 0.717) is 30.6 Å². The number of benzene rings is 1. The number of H-pyrrole nitrogens is 1. The first-order valence-corrected chi connectivity index (χ1v) is 12.3. The number of nitrogens with one attached hydrogen (secondary N) is 2. The van der Waals surface area contributed by atoms with Crippen LogP contribution in [0.15, 0.2) is 38.8 Å². The molecule has 1 aliphatic carbocycles. The number of sulfonamides is 1. The summed E-state index contributed by atoms with van der Waals surface area (Å²) in [5.41, 5.74) is 0.367. The standard InChI is InChI=1S/C22H25N5O5S/c1-3-9-27-19-18(21(29)26-22(27)30)15(11-16(25-19)13-5-6-13)20(28)24-14-8-7-12(4-2)17(10-14)33(23,31)32/h7-8,10-11,13H,3-6,9H2,1-2H3,(H,24,28)(H2,23,31,32)(H,26,29,30). The molecule has 1 aliphatic rings. The molecule has 1 fully saturated rings. The van der Waals surface area contributed by atoms with Crippen molar-refractivity contribution in [2.24, 2.45) is 5.14 Å². The SMILES string of the molecule is CCCn1c(=O)[nH]c(=O)c2c(C(=O)Nc3ccc(CC)c(S(N)(=O)=O)c3)cc(C3CC3)nc21. The fourth-order valence-electron chi connectivity index (χ4n) is 3.88. The van der Waals surface area contributed by atoms with Gasteiger partial charge in [-0.15, -0.1) is 0 Å². The molecule has 4 rings (SSSR count). The minimum atomic E-state index is -3.99. The van der Waals surface area contributed by atoms with Crippen LogP contribution in [0.5, 0.6) is 0 Å². The molecule has 1 amide bonds. The predicted molar refractivity (Wildman–Crippen MR) is 124 cm³/mol. The van der Waals surface area contributed by atoms with Gasteiger partial charge in [0, 0.05) is 23.8 Å². The Morgan fingerprint density at radius 1 is 1.24 bits per heavy atom. The summed E-state index contributed by atoms with van der Waals surface area (Å²) in [7, 11) is -3.99. The van der Waals surface area contributed by atoms with Gasteiger partial charge in [0.1, 0.15) is 0 Å². The van der Waals surface area contributed by atoms with Crippen molar-refractivity contribution in [1.29, 1.82) is 0 Å². The number of hydrogen-bond donors (Lipinski definition) is 3. The van der Waals surface area contributed by atoms with Crippen molar-refractivity contribution in [3.05, 3.63) is 61.9 Å². The minimum Gasteiger partial charge on any atom is -0.322 e. The van der Waals surface area contributed by atoms with Gasteiger partial charge >= 0.3 is 5.69 Å². The van der Waals surface area contributed by atoms with Gasteiger partial charge in [0.15, 0.2) is 5.65 Å². The number of aromatic nitrogens is 3. The molecular weight excluding hydrogens is 446 g/mol. The Bertz CT molecular complexity index is 1490. The maximum Gasteiger partial charge on any atom is 0.329 e. The third kappa shape index (κ3) is 4.46. The van der Waals surface area contributed by atoms with Gasteiger partial charge in [0.2, 0.25) is 10.0 Å². The van der Waals surface area contributed by atoms with E-state index in [-0.39, 0.29) is 33.1 Å². The molecule has 10 nitrogen and oxygen atoms in total. The summed E-state index contributed by atoms with van der Waals surface area (Å²) in [5, 5.41) is 8.01. The largest absolute Gasteiger partial charge is 0.329 e. The molecule has 1 saturated carbocycles. The molecule has 0 saturated heterocycles. The zero-order valence-electron chi connectivity index (χ0n) is 18.3. The number of pyridine rings is 1. The summed E-state index contributed by atoms with van der Waals surface area (Å²) < 4.78 is 25.3. The van der Waals surface area contributed by atoms with E-state index in [2.05, 4.69) is 15.3 Å². The highest BCUT2D eigenvalue weighted by molar-refractivity contribution is 7.89. The van der Waals surface area contributed by atoms with Crippen molar-refractivity contribution >= 4 is 32.7 Å². The van der Waals surface area contributed by atoms with Crippen molar-refractivity contribution in [3.8, 4) is 0 Å². The smallest absolute Gasteiger partial charge is 0.322 e. The first-order valence-electron chi connectivity index (χ1n) is 10.8. The van der Waals surface area contributed by atoms with Gasteiger partial charge in [0.05, 0.1) is 15.8 Å². The second-order valence-electron chi connectivity index (χ2n) is 8.15. The monoisotopic (exact) mass is 471 g/mol. The Labute approximate surface area is 189 Å². The number of nitrogens with two attached hydrogens (primary N) is 1. The molecule has 0 spiro atoms. The quantitative estimate of drug-likeness (QED) is 0.477. The van der Waals surface area contributed by atoms with Crippen molar-refractivity contribution in [1.82, 2.24) is 14.5 Å². The maximum atomic E-state index is 13.3. The Kier molecular flexibility index (Phi) is 5.93. The molecule has 11 heteroatoms. The highest BCUT2D eigenvalue weighted by atomic mass is 32.2. The molecule has 0 bridgehead atoms. The topological polar surface area (TPSA) is 157 Å². The molecule has 0 radical (unpaired) electrons. The molecule has 2 heterocycles. The van der Waals surface area contributed by atoms with Gasteiger partial charge in [-0.25, -0.2) is 23.3 Å². The number of aromatic amines is 1. The van der Waals surface area contributed by atoms with E-state index in [9.17, 15) is 22.8 Å². The van der Waals surface area contributed by atoms with Crippen molar-refractivity contribution in [2.75, 3.05) is 5.32 Å². The fourth-order valence-corrected chi connectivity index (χ4v) is 4.75. The molecule has 33 heavy (non-hydrogen) atoms. The Hall–Kier alpha value is -3.31. The van der Waals surface area contributed by atoms with Crippen LogP contribution in [-0.2, 0) is 23.0 Å². The van der Waals surface area contributed by atoms with Crippen LogP contribution in [0, 0.1) is 0 Å². The molecule has 0 atom stereocenters. The van der Waals surface area contributed by atoms with E-state index in [1.807, 2.05) is 6.92 Å². The average molecular weight is 472 g/mol. The number of carbonyl (C=O) groups excluding carboxylic acids is 1. The number of amides is 1. The lowest BCUT2D eigenvalue weighted by molar-refractivity contribution is 0.102. The third-order valence-electron chi connectivity index (χ3n) is 5.67. The molecule has 0 aliphatic heterocycles. The molecule has 3 aromatic rings. The van der Waals surface area contributed by atoms with E-state index in [4.69, 9.17) is 5.14 Å². The van der Waals surface area contributed by atoms with Crippen LogP contribution in [0.3, 0.4) is 0 Å². The molecule has 2 aromatic heterocycles. The fraction of sp³-hybridized carbons (Fsp3) is 0.364. The predicted octanol–water partition coefficient (Wildman–Crippen LogP) is 1.83. The lowest BCUT2D eigenvalue weighted by Gasteiger charge is -2.14. The minimum absolute atomic E-state index is 0.0156. The Balaban J connectivity index is 1.86. The molecule has 4 N–H and O–H groups in total. The van der Waals surface area contributed by atoms with Crippen LogP contribution in [-0.4, -0.2) is 28.9 Å². The molecular formula is C22H25N5O5S. The van der Waals surface area contributed by atoms with Crippen LogP contribution in [0.25, 0.3) is 11.0 Å². The number of rotatable bonds is 7. The van der Waals surface area contributed by atoms with Crippen LogP contribution in [0.1, 0.15) is 60.6 Å². The maximum absolute atomic E-state index is 13.3. The highest BCUT2D eigenvalue weighted by Crippen LogP contribution is 2.40. The number of aryl methyl sites for hydroxylation is 2. The van der Waals surface area contributed by atoms with E-state index in [1.54, 1.807) is 25.1 Å². The number of hydrogen-bond acceptors (Lipinski definition) is 6. The van der Waals surface area contributed by atoms with Crippen molar-refractivity contribution in [3.63, 3.8) is 0 Å². The second-order valence-corrected chi connectivity index (χ2v) is 9.68. The van der Waals surface area contributed by atoms with Crippen molar-refractivity contribution in [2.45, 2.75) is 56.9 Å². The Morgan fingerprint density at radius 3 is 2.58 bits per heavy atom. The first kappa shape index (κ1) is 22.9. The zero-order chi connectivity index (χ0) is 23.9. The van der Waals surface area contributed by atoms with E-state index in [1.165, 1.54) is 10.6 Å². The lowest BCUT2D eigenvalue weighted by Crippen LogP contribution is -2.32. The van der Waals surface area contributed by atoms with Crippen LogP contribution in [0.4, 0.5) is 5.69 Å². The van der Waals surface area contributed by atoms with Gasteiger partial charge in [0.25, 0.3) is 11.5 Å². The number of anilines is 1. The summed E-state index contributed by atoms with van der Waals surface area (Å²) in [5.74, 6) is -0.440. The average Bonchev–Trinajstić information content (AvgIpc) is 3.60. The van der Waals surface area contributed by atoms with Crippen LogP contribution < -0.4 is 21.7 Å². The first-order chi connectivity index (χ1) is 15.6. The van der Waals surface area contributed by atoms with E-state index >= 15 is 0 Å². The lowest BCUT2D eigenvalue weighted by atomic mass is 10.1. The normalized spacial score (nSPS) is 13.9. The van der Waals surface area contributed by atoms with Gasteiger partial charge < -0.3 is 5.32 Å². The van der Waals surface area contributed by atoms with Gasteiger partial charge in [-0.1, -0.05) is 19.9 Å². The summed E-state index contributed by atoms with van der Waals surface area (Å²) in [6.45, 7) is 4.03. The van der Waals surface area contributed by atoms with Gasteiger partial charge in [-0.3, -0.25) is 19.1 Å². The van der Waals surface area contributed by atoms with Gasteiger partial charge in [-0.2, -0.15) is 0 Å². The van der Waals surface area contributed by atoms with Crippen LogP contribution >= 0.6 is 0 Å². The number of primary sulfonamides is 1. The van der Waals surface area contributed by atoms with Gasteiger partial charge in [-0.05, 0) is 49.4 Å². The number of fused-ring (bicyclic) bond motifs is 1. The second kappa shape index (κ2) is 8.56. The van der Waals surface area contributed by atoms with E-state index < -0.39 is 27.2 Å². The molecule has 174 valence electrons.